The van der Waals surface area contributed by atoms with E-state index in [-0.39, 0.29) is 5.56 Å². The Bertz CT molecular complexity index is 393. The zero-order valence-electron chi connectivity index (χ0n) is 8.33. The third kappa shape index (κ3) is 2.93. The van der Waals surface area contributed by atoms with Crippen LogP contribution in [0.1, 0.15) is 23.7 Å². The SMILES string of the molecule is Cn1cc(C(=O)CC(=O)C(C)(F)F)cn1. The number of Topliss-reactive ketones (excluding diaryl/α,β-unsaturated/α-hetero) is 2. The van der Waals surface area contributed by atoms with E-state index >= 15 is 0 Å². The summed E-state index contributed by atoms with van der Waals surface area (Å²) in [6.07, 6.45) is 1.82. The second-order valence-corrected chi connectivity index (χ2v) is 3.31. The van der Waals surface area contributed by atoms with E-state index in [0.717, 1.165) is 0 Å². The molecule has 1 rings (SSSR count). The highest BCUT2D eigenvalue weighted by molar-refractivity contribution is 6.09. The van der Waals surface area contributed by atoms with Gasteiger partial charge in [-0.05, 0) is 0 Å². The molecule has 0 aromatic carbocycles. The topological polar surface area (TPSA) is 52.0 Å². The molecule has 82 valence electrons. The Morgan fingerprint density at radius 3 is 2.53 bits per heavy atom. The smallest absolute Gasteiger partial charge is 0.294 e. The fourth-order valence-electron chi connectivity index (χ4n) is 0.968. The van der Waals surface area contributed by atoms with Gasteiger partial charge in [-0.2, -0.15) is 13.9 Å². The van der Waals surface area contributed by atoms with Crippen molar-refractivity contribution in [3.8, 4) is 0 Å². The fourth-order valence-corrected chi connectivity index (χ4v) is 0.968. The minimum atomic E-state index is -3.46. The number of aryl methyl sites for hydroxylation is 1. The van der Waals surface area contributed by atoms with E-state index in [1.54, 1.807) is 7.05 Å². The number of alkyl halides is 2. The maximum Gasteiger partial charge on any atom is 0.303 e. The molecule has 0 aliphatic rings. The molecule has 15 heavy (non-hydrogen) atoms. The van der Waals surface area contributed by atoms with E-state index in [9.17, 15) is 18.4 Å². The Morgan fingerprint density at radius 2 is 2.13 bits per heavy atom. The lowest BCUT2D eigenvalue weighted by Crippen LogP contribution is -2.26. The van der Waals surface area contributed by atoms with Crippen LogP contribution in [0.15, 0.2) is 12.4 Å². The van der Waals surface area contributed by atoms with Gasteiger partial charge in [0.05, 0.1) is 18.2 Å². The van der Waals surface area contributed by atoms with Gasteiger partial charge in [0.2, 0.25) is 5.78 Å². The van der Waals surface area contributed by atoms with Gasteiger partial charge in [0.1, 0.15) is 0 Å². The molecule has 1 aromatic heterocycles. The van der Waals surface area contributed by atoms with E-state index in [0.29, 0.717) is 6.92 Å². The van der Waals surface area contributed by atoms with Gasteiger partial charge in [-0.15, -0.1) is 0 Å². The van der Waals surface area contributed by atoms with Crippen LogP contribution in [0.4, 0.5) is 8.78 Å². The molecule has 0 unspecified atom stereocenters. The van der Waals surface area contributed by atoms with Gasteiger partial charge >= 0.3 is 5.92 Å². The van der Waals surface area contributed by atoms with Crippen molar-refractivity contribution < 1.29 is 18.4 Å². The number of hydrogen-bond acceptors (Lipinski definition) is 3. The minimum absolute atomic E-state index is 0.162. The molecule has 0 amide bonds. The summed E-state index contributed by atoms with van der Waals surface area (Å²) in [6, 6.07) is 0. The number of aromatic nitrogens is 2. The van der Waals surface area contributed by atoms with Crippen molar-refractivity contribution in [2.24, 2.45) is 7.05 Å². The number of rotatable bonds is 4. The number of carbonyl (C=O) groups excluding carboxylic acids is 2. The predicted molar refractivity (Wildman–Crippen MR) is 47.8 cm³/mol. The first kappa shape index (κ1) is 11.5. The van der Waals surface area contributed by atoms with E-state index in [1.807, 2.05) is 0 Å². The lowest BCUT2D eigenvalue weighted by molar-refractivity contribution is -0.139. The fraction of sp³-hybridized carbons (Fsp3) is 0.444. The zero-order valence-corrected chi connectivity index (χ0v) is 8.33. The standard InChI is InChI=1S/C9H10F2N2O2/c1-9(10,11)8(15)3-7(14)6-4-12-13(2)5-6/h4-5H,3H2,1-2H3. The summed E-state index contributed by atoms with van der Waals surface area (Å²) in [4.78, 5) is 22.2. The number of ketones is 2. The highest BCUT2D eigenvalue weighted by atomic mass is 19.3. The molecule has 1 aromatic rings. The number of hydrogen-bond donors (Lipinski definition) is 0. The van der Waals surface area contributed by atoms with Crippen LogP contribution in [0, 0.1) is 0 Å². The number of carbonyl (C=O) groups is 2. The summed E-state index contributed by atoms with van der Waals surface area (Å²) in [6.45, 7) is 0.478. The highest BCUT2D eigenvalue weighted by Crippen LogP contribution is 2.16. The Hall–Kier alpha value is -1.59. The van der Waals surface area contributed by atoms with Crippen molar-refractivity contribution in [2.45, 2.75) is 19.3 Å². The van der Waals surface area contributed by atoms with Gasteiger partial charge in [0.25, 0.3) is 0 Å². The summed E-state index contributed by atoms with van der Waals surface area (Å²) >= 11 is 0. The molecule has 0 bridgehead atoms. The molecule has 0 aliphatic heterocycles. The molecule has 0 saturated carbocycles. The number of halogens is 2. The maximum absolute atomic E-state index is 12.5. The first-order valence-corrected chi connectivity index (χ1v) is 4.23. The first-order valence-electron chi connectivity index (χ1n) is 4.23. The molecular weight excluding hydrogens is 206 g/mol. The van der Waals surface area contributed by atoms with E-state index in [2.05, 4.69) is 5.10 Å². The van der Waals surface area contributed by atoms with Crippen LogP contribution in [0.5, 0.6) is 0 Å². The van der Waals surface area contributed by atoms with Crippen LogP contribution < -0.4 is 0 Å². The van der Waals surface area contributed by atoms with E-state index in [4.69, 9.17) is 0 Å². The quantitative estimate of drug-likeness (QED) is 0.561. The molecule has 0 radical (unpaired) electrons. The third-order valence-corrected chi connectivity index (χ3v) is 1.84. The normalized spacial score (nSPS) is 11.5. The Kier molecular flexibility index (Phi) is 2.97. The van der Waals surface area contributed by atoms with Crippen LogP contribution in [-0.2, 0) is 11.8 Å². The highest BCUT2D eigenvalue weighted by Gasteiger charge is 2.33. The molecule has 0 saturated heterocycles. The van der Waals surface area contributed by atoms with Gasteiger partial charge in [-0.25, -0.2) is 0 Å². The molecule has 0 fully saturated rings. The van der Waals surface area contributed by atoms with Gasteiger partial charge in [0.15, 0.2) is 5.78 Å². The van der Waals surface area contributed by atoms with Crippen molar-refractivity contribution in [1.82, 2.24) is 9.78 Å². The monoisotopic (exact) mass is 216 g/mol. The molecule has 0 atom stereocenters. The molecular formula is C9H10F2N2O2. The maximum atomic E-state index is 12.5. The minimum Gasteiger partial charge on any atom is -0.294 e. The second-order valence-electron chi connectivity index (χ2n) is 3.31. The lowest BCUT2D eigenvalue weighted by Gasteiger charge is -2.06. The molecule has 6 heteroatoms. The average Bonchev–Trinajstić information content (AvgIpc) is 2.50. The summed E-state index contributed by atoms with van der Waals surface area (Å²) in [5, 5.41) is 3.70. The van der Waals surface area contributed by atoms with Crippen LogP contribution in [0.2, 0.25) is 0 Å². The Labute approximate surface area is 84.9 Å². The van der Waals surface area contributed by atoms with Gasteiger partial charge in [0, 0.05) is 20.2 Å². The Morgan fingerprint density at radius 1 is 1.53 bits per heavy atom. The van der Waals surface area contributed by atoms with Crippen molar-refractivity contribution in [3.63, 3.8) is 0 Å². The third-order valence-electron chi connectivity index (χ3n) is 1.84. The van der Waals surface area contributed by atoms with Crippen molar-refractivity contribution >= 4 is 11.6 Å². The lowest BCUT2D eigenvalue weighted by atomic mass is 10.1. The van der Waals surface area contributed by atoms with Gasteiger partial charge < -0.3 is 0 Å². The van der Waals surface area contributed by atoms with Gasteiger partial charge in [-0.3, -0.25) is 14.3 Å². The second kappa shape index (κ2) is 3.88. The van der Waals surface area contributed by atoms with Crippen molar-refractivity contribution in [1.29, 1.82) is 0 Å². The first-order chi connectivity index (χ1) is 6.80. The molecule has 0 N–H and O–H groups in total. The van der Waals surface area contributed by atoms with Crippen LogP contribution in [-0.4, -0.2) is 27.3 Å². The number of nitrogens with zero attached hydrogens (tertiary/aromatic N) is 2. The molecule has 0 aliphatic carbocycles. The van der Waals surface area contributed by atoms with E-state index < -0.39 is 23.9 Å². The predicted octanol–water partition coefficient (Wildman–Crippen LogP) is 1.22. The zero-order chi connectivity index (χ0) is 11.6. The van der Waals surface area contributed by atoms with Crippen LogP contribution >= 0.6 is 0 Å². The largest absolute Gasteiger partial charge is 0.303 e. The summed E-state index contributed by atoms with van der Waals surface area (Å²) in [7, 11) is 1.59. The molecule has 1 heterocycles. The molecule has 4 nitrogen and oxygen atoms in total. The molecule has 0 spiro atoms. The van der Waals surface area contributed by atoms with Crippen molar-refractivity contribution in [3.05, 3.63) is 18.0 Å². The van der Waals surface area contributed by atoms with Gasteiger partial charge in [-0.1, -0.05) is 0 Å². The summed E-state index contributed by atoms with van der Waals surface area (Å²) in [5.74, 6) is -5.48. The average molecular weight is 216 g/mol. The Balaban J connectivity index is 2.69. The summed E-state index contributed by atoms with van der Waals surface area (Å²) in [5.41, 5.74) is 0.162. The summed E-state index contributed by atoms with van der Waals surface area (Å²) < 4.78 is 26.3. The van der Waals surface area contributed by atoms with E-state index in [1.165, 1.54) is 17.1 Å². The van der Waals surface area contributed by atoms with Crippen LogP contribution in [0.3, 0.4) is 0 Å². The van der Waals surface area contributed by atoms with Crippen LogP contribution in [0.25, 0.3) is 0 Å². The van der Waals surface area contributed by atoms with Crippen molar-refractivity contribution in [2.75, 3.05) is 0 Å².